The minimum Gasteiger partial charge on any atom is -0.398 e. The number of nitrogens with zero attached hydrogens (tertiary/aromatic N) is 3. The first-order chi connectivity index (χ1) is 9.95. The Kier molecular flexibility index (Phi) is 3.19. The Bertz CT molecular complexity index is 652. The SMILES string of the molecule is Nc1cccc2c1CCN(c1ccc(C(F)(F)F)nn1)C2. The number of hydrogen-bond donors (Lipinski definition) is 1. The highest BCUT2D eigenvalue weighted by atomic mass is 19.4. The Morgan fingerprint density at radius 3 is 2.57 bits per heavy atom. The standard InChI is InChI=1S/C14H13F3N4/c15-14(16,17)12-4-5-13(20-19-12)21-7-6-10-9(8-21)2-1-3-11(10)18/h1-5H,6-8,18H2. The zero-order valence-electron chi connectivity index (χ0n) is 11.1. The molecule has 0 saturated carbocycles. The molecule has 0 radical (unpaired) electrons. The lowest BCUT2D eigenvalue weighted by Crippen LogP contribution is -2.31. The minimum absolute atomic E-state index is 0.441. The molecule has 2 heterocycles. The van der Waals surface area contributed by atoms with Crippen LogP contribution in [0, 0.1) is 0 Å². The lowest BCUT2D eigenvalue weighted by atomic mass is 9.98. The van der Waals surface area contributed by atoms with Crippen LogP contribution in [-0.2, 0) is 19.1 Å². The van der Waals surface area contributed by atoms with E-state index in [1.807, 2.05) is 23.1 Å². The maximum absolute atomic E-state index is 12.5. The maximum atomic E-state index is 12.5. The molecule has 0 amide bonds. The Labute approximate surface area is 119 Å². The Morgan fingerprint density at radius 2 is 1.90 bits per heavy atom. The zero-order chi connectivity index (χ0) is 15.0. The van der Waals surface area contributed by atoms with Crippen molar-refractivity contribution in [2.75, 3.05) is 17.2 Å². The van der Waals surface area contributed by atoms with Crippen molar-refractivity contribution in [2.45, 2.75) is 19.1 Å². The third kappa shape index (κ3) is 2.63. The molecule has 21 heavy (non-hydrogen) atoms. The van der Waals surface area contributed by atoms with Crippen LogP contribution < -0.4 is 10.6 Å². The molecule has 4 nitrogen and oxygen atoms in total. The number of rotatable bonds is 1. The normalized spacial score (nSPS) is 14.9. The van der Waals surface area contributed by atoms with Gasteiger partial charge in [-0.25, -0.2) is 0 Å². The van der Waals surface area contributed by atoms with Crippen molar-refractivity contribution in [1.29, 1.82) is 0 Å². The van der Waals surface area contributed by atoms with E-state index in [0.717, 1.165) is 29.3 Å². The molecule has 1 aromatic carbocycles. The summed E-state index contributed by atoms with van der Waals surface area (Å²) >= 11 is 0. The summed E-state index contributed by atoms with van der Waals surface area (Å²) < 4.78 is 37.4. The first-order valence-electron chi connectivity index (χ1n) is 6.47. The number of benzene rings is 1. The summed E-state index contributed by atoms with van der Waals surface area (Å²) in [7, 11) is 0. The van der Waals surface area contributed by atoms with Crippen LogP contribution in [0.15, 0.2) is 30.3 Å². The van der Waals surface area contributed by atoms with Gasteiger partial charge >= 0.3 is 6.18 Å². The molecular formula is C14H13F3N4. The summed E-state index contributed by atoms with van der Waals surface area (Å²) in [6.45, 7) is 1.22. The maximum Gasteiger partial charge on any atom is 0.435 e. The van der Waals surface area contributed by atoms with E-state index in [1.54, 1.807) is 0 Å². The largest absolute Gasteiger partial charge is 0.435 e. The van der Waals surface area contributed by atoms with Crippen molar-refractivity contribution in [3.63, 3.8) is 0 Å². The van der Waals surface area contributed by atoms with Gasteiger partial charge in [0.15, 0.2) is 11.5 Å². The van der Waals surface area contributed by atoms with Crippen molar-refractivity contribution in [3.8, 4) is 0 Å². The summed E-state index contributed by atoms with van der Waals surface area (Å²) in [5.41, 5.74) is 7.88. The van der Waals surface area contributed by atoms with Gasteiger partial charge in [0.1, 0.15) is 0 Å². The van der Waals surface area contributed by atoms with Crippen LogP contribution in [0.2, 0.25) is 0 Å². The number of hydrogen-bond acceptors (Lipinski definition) is 4. The van der Waals surface area contributed by atoms with Gasteiger partial charge in [-0.3, -0.25) is 0 Å². The van der Waals surface area contributed by atoms with Crippen LogP contribution in [0.5, 0.6) is 0 Å². The van der Waals surface area contributed by atoms with Crippen LogP contribution in [-0.4, -0.2) is 16.7 Å². The van der Waals surface area contributed by atoms with Gasteiger partial charge in [-0.2, -0.15) is 13.2 Å². The fraction of sp³-hybridized carbons (Fsp3) is 0.286. The van der Waals surface area contributed by atoms with Gasteiger partial charge < -0.3 is 10.6 Å². The van der Waals surface area contributed by atoms with E-state index in [4.69, 9.17) is 5.73 Å². The van der Waals surface area contributed by atoms with Crippen molar-refractivity contribution in [2.24, 2.45) is 0 Å². The number of aromatic nitrogens is 2. The number of nitrogen functional groups attached to an aromatic ring is 1. The fourth-order valence-electron chi connectivity index (χ4n) is 2.48. The average molecular weight is 294 g/mol. The van der Waals surface area contributed by atoms with Crippen molar-refractivity contribution >= 4 is 11.5 Å². The van der Waals surface area contributed by atoms with Crippen LogP contribution in [0.3, 0.4) is 0 Å². The van der Waals surface area contributed by atoms with Gasteiger partial charge in [-0.1, -0.05) is 12.1 Å². The molecule has 1 aliphatic heterocycles. The topological polar surface area (TPSA) is 55.0 Å². The molecule has 3 rings (SSSR count). The smallest absolute Gasteiger partial charge is 0.398 e. The van der Waals surface area contributed by atoms with Crippen LogP contribution in [0.1, 0.15) is 16.8 Å². The summed E-state index contributed by atoms with van der Waals surface area (Å²) in [4.78, 5) is 1.90. The molecule has 7 heteroatoms. The molecule has 2 aromatic rings. The average Bonchev–Trinajstić information content (AvgIpc) is 2.46. The number of nitrogens with two attached hydrogens (primary N) is 1. The van der Waals surface area contributed by atoms with Gasteiger partial charge in [0.05, 0.1) is 0 Å². The molecule has 0 fully saturated rings. The van der Waals surface area contributed by atoms with E-state index >= 15 is 0 Å². The van der Waals surface area contributed by atoms with Gasteiger partial charge in [-0.15, -0.1) is 10.2 Å². The second-order valence-corrected chi connectivity index (χ2v) is 4.93. The number of fused-ring (bicyclic) bond motifs is 1. The first kappa shape index (κ1) is 13.7. The van der Waals surface area contributed by atoms with Gasteiger partial charge in [0, 0.05) is 18.8 Å². The minimum atomic E-state index is -4.46. The molecule has 0 bridgehead atoms. The molecule has 0 saturated heterocycles. The highest BCUT2D eigenvalue weighted by Crippen LogP contribution is 2.29. The van der Waals surface area contributed by atoms with E-state index in [0.29, 0.717) is 18.9 Å². The number of alkyl halides is 3. The Hall–Kier alpha value is -2.31. The predicted molar refractivity (Wildman–Crippen MR) is 72.6 cm³/mol. The summed E-state index contributed by atoms with van der Waals surface area (Å²) in [5.74, 6) is 0.441. The molecule has 0 spiro atoms. The summed E-state index contributed by atoms with van der Waals surface area (Å²) in [5, 5.41) is 6.95. The van der Waals surface area contributed by atoms with Gasteiger partial charge in [0.25, 0.3) is 0 Å². The van der Waals surface area contributed by atoms with E-state index < -0.39 is 11.9 Å². The predicted octanol–water partition coefficient (Wildman–Crippen LogP) is 2.64. The van der Waals surface area contributed by atoms with Crippen LogP contribution >= 0.6 is 0 Å². The first-order valence-corrected chi connectivity index (χ1v) is 6.47. The lowest BCUT2D eigenvalue weighted by molar-refractivity contribution is -0.141. The van der Waals surface area contributed by atoms with Gasteiger partial charge in [-0.05, 0) is 35.7 Å². The van der Waals surface area contributed by atoms with E-state index in [9.17, 15) is 13.2 Å². The third-order valence-electron chi connectivity index (χ3n) is 3.57. The van der Waals surface area contributed by atoms with E-state index in [1.165, 1.54) is 6.07 Å². The second kappa shape index (κ2) is 4.91. The quantitative estimate of drug-likeness (QED) is 0.822. The fourth-order valence-corrected chi connectivity index (χ4v) is 2.48. The molecule has 1 aliphatic rings. The molecule has 0 atom stereocenters. The highest BCUT2D eigenvalue weighted by molar-refractivity contribution is 5.55. The van der Waals surface area contributed by atoms with E-state index in [-0.39, 0.29) is 0 Å². The highest BCUT2D eigenvalue weighted by Gasteiger charge is 2.33. The monoisotopic (exact) mass is 294 g/mol. The molecule has 2 N–H and O–H groups in total. The van der Waals surface area contributed by atoms with Crippen molar-refractivity contribution in [1.82, 2.24) is 10.2 Å². The van der Waals surface area contributed by atoms with Crippen LogP contribution in [0.25, 0.3) is 0 Å². The van der Waals surface area contributed by atoms with Crippen molar-refractivity contribution in [3.05, 3.63) is 47.2 Å². The third-order valence-corrected chi connectivity index (χ3v) is 3.57. The molecule has 110 valence electrons. The summed E-state index contributed by atoms with van der Waals surface area (Å²) in [6.07, 6.45) is -3.72. The Balaban J connectivity index is 1.83. The molecule has 1 aromatic heterocycles. The second-order valence-electron chi connectivity index (χ2n) is 4.93. The van der Waals surface area contributed by atoms with E-state index in [2.05, 4.69) is 10.2 Å². The van der Waals surface area contributed by atoms with Crippen LogP contribution in [0.4, 0.5) is 24.7 Å². The number of halogens is 3. The van der Waals surface area contributed by atoms with Gasteiger partial charge in [0.2, 0.25) is 0 Å². The molecule has 0 unspecified atom stereocenters. The number of anilines is 2. The summed E-state index contributed by atoms with van der Waals surface area (Å²) in [6, 6.07) is 8.00. The molecule has 0 aliphatic carbocycles. The molecular weight excluding hydrogens is 281 g/mol. The zero-order valence-corrected chi connectivity index (χ0v) is 11.1. The lowest BCUT2D eigenvalue weighted by Gasteiger charge is -2.30. The Morgan fingerprint density at radius 1 is 1.10 bits per heavy atom. The van der Waals surface area contributed by atoms with Crippen molar-refractivity contribution < 1.29 is 13.2 Å².